The van der Waals surface area contributed by atoms with E-state index in [4.69, 9.17) is 14.3 Å². The van der Waals surface area contributed by atoms with Gasteiger partial charge in [-0.05, 0) is 36.4 Å². The van der Waals surface area contributed by atoms with Gasteiger partial charge in [-0.25, -0.2) is 0 Å². The highest BCUT2D eigenvalue weighted by atomic mass is 16.5. The number of fused-ring (bicyclic) bond motifs is 1. The SMILES string of the molecule is O=C(c1ccc(-c2ccc3oc(CCO)cc3c2)nc1)N1CCOCC1. The molecule has 0 aliphatic carbocycles. The minimum atomic E-state index is -0.00807. The third kappa shape index (κ3) is 3.34. The van der Waals surface area contributed by atoms with Gasteiger partial charge in [0.15, 0.2) is 0 Å². The lowest BCUT2D eigenvalue weighted by Crippen LogP contribution is -2.40. The number of nitrogens with zero attached hydrogens (tertiary/aromatic N) is 2. The van der Waals surface area contributed by atoms with Crippen molar-refractivity contribution in [1.82, 2.24) is 9.88 Å². The predicted molar refractivity (Wildman–Crippen MR) is 97.0 cm³/mol. The van der Waals surface area contributed by atoms with E-state index in [2.05, 4.69) is 4.98 Å². The Kier molecular flexibility index (Phi) is 4.69. The molecule has 1 saturated heterocycles. The van der Waals surface area contributed by atoms with Crippen LogP contribution in [0.15, 0.2) is 47.0 Å². The molecule has 0 unspecified atom stereocenters. The summed E-state index contributed by atoms with van der Waals surface area (Å²) in [5, 5.41) is 10.0. The van der Waals surface area contributed by atoms with Gasteiger partial charge in [-0.3, -0.25) is 9.78 Å². The minimum Gasteiger partial charge on any atom is -0.461 e. The fraction of sp³-hybridized carbons (Fsp3) is 0.300. The highest BCUT2D eigenvalue weighted by molar-refractivity contribution is 5.94. The number of pyridine rings is 1. The molecule has 134 valence electrons. The van der Waals surface area contributed by atoms with Crippen LogP contribution in [0.2, 0.25) is 0 Å². The molecule has 1 fully saturated rings. The molecule has 0 atom stereocenters. The van der Waals surface area contributed by atoms with Crippen molar-refractivity contribution >= 4 is 16.9 Å². The van der Waals surface area contributed by atoms with E-state index in [9.17, 15) is 4.79 Å². The Hall–Kier alpha value is -2.70. The lowest BCUT2D eigenvalue weighted by Gasteiger charge is -2.26. The number of aliphatic hydroxyl groups excluding tert-OH is 1. The van der Waals surface area contributed by atoms with Crippen molar-refractivity contribution in [3.63, 3.8) is 0 Å². The Balaban J connectivity index is 1.56. The van der Waals surface area contributed by atoms with E-state index in [-0.39, 0.29) is 12.5 Å². The third-order valence-electron chi connectivity index (χ3n) is 4.53. The lowest BCUT2D eigenvalue weighted by molar-refractivity contribution is 0.0302. The van der Waals surface area contributed by atoms with Crippen LogP contribution in [0.5, 0.6) is 0 Å². The molecular formula is C20H20N2O4. The van der Waals surface area contributed by atoms with Crippen molar-refractivity contribution in [2.45, 2.75) is 6.42 Å². The number of carbonyl (C=O) groups excluding carboxylic acids is 1. The van der Waals surface area contributed by atoms with Gasteiger partial charge in [-0.1, -0.05) is 0 Å². The molecule has 1 aliphatic rings. The van der Waals surface area contributed by atoms with Gasteiger partial charge in [0.25, 0.3) is 5.91 Å². The second-order valence-corrected chi connectivity index (χ2v) is 6.28. The maximum absolute atomic E-state index is 12.5. The van der Waals surface area contributed by atoms with Crippen molar-refractivity contribution in [3.8, 4) is 11.3 Å². The molecule has 1 N–H and O–H groups in total. The molecular weight excluding hydrogens is 332 g/mol. The van der Waals surface area contributed by atoms with Gasteiger partial charge in [-0.15, -0.1) is 0 Å². The largest absolute Gasteiger partial charge is 0.461 e. The Morgan fingerprint density at radius 3 is 2.73 bits per heavy atom. The van der Waals surface area contributed by atoms with Crippen LogP contribution in [-0.4, -0.2) is 53.8 Å². The summed E-state index contributed by atoms with van der Waals surface area (Å²) in [4.78, 5) is 18.7. The maximum atomic E-state index is 12.5. The molecule has 6 nitrogen and oxygen atoms in total. The highest BCUT2D eigenvalue weighted by Gasteiger charge is 2.18. The average Bonchev–Trinajstić information content (AvgIpc) is 3.10. The number of hydrogen-bond acceptors (Lipinski definition) is 5. The van der Waals surface area contributed by atoms with E-state index in [1.807, 2.05) is 36.4 Å². The summed E-state index contributed by atoms with van der Waals surface area (Å²) in [6.07, 6.45) is 2.13. The monoisotopic (exact) mass is 352 g/mol. The first-order valence-corrected chi connectivity index (χ1v) is 8.71. The number of benzene rings is 1. The van der Waals surface area contributed by atoms with Gasteiger partial charge in [0.05, 0.1) is 31.1 Å². The number of rotatable bonds is 4. The molecule has 1 aromatic carbocycles. The van der Waals surface area contributed by atoms with E-state index in [1.165, 1.54) is 0 Å². The number of carbonyl (C=O) groups is 1. The van der Waals surface area contributed by atoms with Crippen molar-refractivity contribution in [1.29, 1.82) is 0 Å². The van der Waals surface area contributed by atoms with Gasteiger partial charge in [-0.2, -0.15) is 0 Å². The van der Waals surface area contributed by atoms with Crippen LogP contribution < -0.4 is 0 Å². The summed E-state index contributed by atoms with van der Waals surface area (Å²) in [6, 6.07) is 11.5. The van der Waals surface area contributed by atoms with E-state index in [1.54, 1.807) is 11.1 Å². The third-order valence-corrected chi connectivity index (χ3v) is 4.53. The average molecular weight is 352 g/mol. The Morgan fingerprint density at radius 2 is 2.00 bits per heavy atom. The van der Waals surface area contributed by atoms with Gasteiger partial charge in [0.1, 0.15) is 11.3 Å². The normalized spacial score (nSPS) is 14.7. The zero-order valence-electron chi connectivity index (χ0n) is 14.4. The Bertz CT molecular complexity index is 911. The molecule has 1 aliphatic heterocycles. The van der Waals surface area contributed by atoms with Gasteiger partial charge in [0.2, 0.25) is 0 Å². The summed E-state index contributed by atoms with van der Waals surface area (Å²) < 4.78 is 11.0. The lowest BCUT2D eigenvalue weighted by atomic mass is 10.1. The first-order chi connectivity index (χ1) is 12.7. The molecule has 0 bridgehead atoms. The quantitative estimate of drug-likeness (QED) is 0.781. The summed E-state index contributed by atoms with van der Waals surface area (Å²) in [5.41, 5.74) is 3.14. The van der Waals surface area contributed by atoms with Crippen molar-refractivity contribution in [2.75, 3.05) is 32.9 Å². The van der Waals surface area contributed by atoms with Crippen LogP contribution in [-0.2, 0) is 11.2 Å². The number of aliphatic hydroxyl groups is 1. The summed E-state index contributed by atoms with van der Waals surface area (Å²) in [7, 11) is 0. The second-order valence-electron chi connectivity index (χ2n) is 6.28. The Morgan fingerprint density at radius 1 is 1.15 bits per heavy atom. The number of hydrogen-bond donors (Lipinski definition) is 1. The van der Waals surface area contributed by atoms with Crippen molar-refractivity contribution < 1.29 is 19.1 Å². The smallest absolute Gasteiger partial charge is 0.255 e. The highest BCUT2D eigenvalue weighted by Crippen LogP contribution is 2.26. The first-order valence-electron chi connectivity index (χ1n) is 8.71. The van der Waals surface area contributed by atoms with Crippen molar-refractivity contribution in [3.05, 3.63) is 53.9 Å². The molecule has 3 heterocycles. The van der Waals surface area contributed by atoms with Crippen LogP contribution in [0, 0.1) is 0 Å². The Labute approximate surface area is 151 Å². The number of ether oxygens (including phenoxy) is 1. The number of amides is 1. The van der Waals surface area contributed by atoms with Crippen LogP contribution in [0.4, 0.5) is 0 Å². The van der Waals surface area contributed by atoms with Gasteiger partial charge < -0.3 is 19.2 Å². The van der Waals surface area contributed by atoms with E-state index >= 15 is 0 Å². The van der Waals surface area contributed by atoms with Crippen LogP contribution >= 0.6 is 0 Å². The molecule has 4 rings (SSSR count). The van der Waals surface area contributed by atoms with E-state index < -0.39 is 0 Å². The molecule has 1 amide bonds. The molecule has 6 heteroatoms. The standard InChI is InChI=1S/C20H20N2O4/c23-8-5-17-12-16-11-14(2-4-19(16)26-17)18-3-1-15(13-21-18)20(24)22-6-9-25-10-7-22/h1-4,11-13,23H,5-10H2. The summed E-state index contributed by atoms with van der Waals surface area (Å²) in [6.45, 7) is 2.47. The molecule has 26 heavy (non-hydrogen) atoms. The molecule has 2 aromatic heterocycles. The molecule has 0 saturated carbocycles. The zero-order chi connectivity index (χ0) is 17.9. The number of aromatic nitrogens is 1. The van der Waals surface area contributed by atoms with Crippen molar-refractivity contribution in [2.24, 2.45) is 0 Å². The van der Waals surface area contributed by atoms with Gasteiger partial charge in [0, 0.05) is 36.7 Å². The van der Waals surface area contributed by atoms with Crippen LogP contribution in [0.3, 0.4) is 0 Å². The maximum Gasteiger partial charge on any atom is 0.255 e. The molecule has 3 aromatic rings. The topological polar surface area (TPSA) is 75.8 Å². The fourth-order valence-electron chi connectivity index (χ4n) is 3.13. The minimum absolute atomic E-state index is 0.00807. The van der Waals surface area contributed by atoms with Gasteiger partial charge >= 0.3 is 0 Å². The van der Waals surface area contributed by atoms with Crippen LogP contribution in [0.25, 0.3) is 22.2 Å². The number of morpholine rings is 1. The molecule has 0 radical (unpaired) electrons. The van der Waals surface area contributed by atoms with Crippen LogP contribution in [0.1, 0.15) is 16.1 Å². The summed E-state index contributed by atoms with van der Waals surface area (Å²) >= 11 is 0. The number of furan rings is 1. The first kappa shape index (κ1) is 16.8. The zero-order valence-corrected chi connectivity index (χ0v) is 14.4. The predicted octanol–water partition coefficient (Wildman–Crippen LogP) is 2.50. The fourth-order valence-corrected chi connectivity index (χ4v) is 3.13. The summed E-state index contributed by atoms with van der Waals surface area (Å²) in [5.74, 6) is 0.755. The second kappa shape index (κ2) is 7.27. The molecule has 0 spiro atoms. The van der Waals surface area contributed by atoms with E-state index in [0.29, 0.717) is 38.3 Å². The van der Waals surface area contributed by atoms with E-state index in [0.717, 1.165) is 28.0 Å².